The van der Waals surface area contributed by atoms with Gasteiger partial charge in [-0.15, -0.1) is 0 Å². The van der Waals surface area contributed by atoms with Gasteiger partial charge in [0.25, 0.3) is 0 Å². The summed E-state index contributed by atoms with van der Waals surface area (Å²) in [6.07, 6.45) is 2.32. The number of carboxylic acid groups (broad SMARTS) is 2. The van der Waals surface area contributed by atoms with E-state index >= 15 is 0 Å². The number of carboxylic acids is 2. The number of nitrogens with two attached hydrogens (primary N) is 1. The molecule has 5 N–H and O–H groups in total. The number of carbonyl (C=O) groups is 2. The topological polar surface area (TPSA) is 138 Å². The van der Waals surface area contributed by atoms with Crippen molar-refractivity contribution >= 4 is 19.3 Å². The third-order valence-corrected chi connectivity index (χ3v) is 7.55. The number of hydrogen-bond acceptors (Lipinski definition) is 4. The van der Waals surface area contributed by atoms with Gasteiger partial charge < -0.3 is 20.8 Å². The largest absolute Gasteiger partial charge is 0.490 e. The second-order valence-electron chi connectivity index (χ2n) is 6.68. The summed E-state index contributed by atoms with van der Waals surface area (Å²) in [7, 11) is -3.66. The Morgan fingerprint density at radius 1 is 1.00 bits per heavy atom. The third kappa shape index (κ3) is 8.62. The van der Waals surface area contributed by atoms with E-state index in [4.69, 9.17) is 15.6 Å². The van der Waals surface area contributed by atoms with Gasteiger partial charge in [-0.25, -0.2) is 4.79 Å². The number of hydrogen-bond donors (Lipinski definition) is 4. The normalized spacial score (nSPS) is 26.7. The van der Waals surface area contributed by atoms with Crippen LogP contribution in [0.3, 0.4) is 0 Å². The molecule has 160 valence electrons. The second-order valence-corrected chi connectivity index (χ2v) is 9.39. The number of halogens is 3. The minimum absolute atomic E-state index is 0.149. The van der Waals surface area contributed by atoms with Crippen molar-refractivity contribution in [2.45, 2.75) is 75.5 Å². The molecule has 0 aromatic carbocycles. The quantitative estimate of drug-likeness (QED) is 0.381. The lowest BCUT2D eigenvalue weighted by atomic mass is 9.93. The van der Waals surface area contributed by atoms with Gasteiger partial charge >= 0.3 is 18.1 Å². The molecule has 27 heavy (non-hydrogen) atoms. The molecule has 1 aliphatic rings. The van der Waals surface area contributed by atoms with E-state index in [2.05, 4.69) is 0 Å². The van der Waals surface area contributed by atoms with Gasteiger partial charge in [0, 0.05) is 6.16 Å². The summed E-state index contributed by atoms with van der Waals surface area (Å²) in [4.78, 5) is 31.1. The summed E-state index contributed by atoms with van der Waals surface area (Å²) in [5, 5.41) is 15.3. The molecule has 0 amide bonds. The molecular weight excluding hydrogens is 390 g/mol. The van der Waals surface area contributed by atoms with Crippen molar-refractivity contribution in [3.8, 4) is 0 Å². The molecule has 1 aliphatic heterocycles. The zero-order chi connectivity index (χ0) is 21.1. The van der Waals surface area contributed by atoms with Crippen molar-refractivity contribution in [1.29, 1.82) is 0 Å². The molecule has 2 atom stereocenters. The summed E-state index contributed by atoms with van der Waals surface area (Å²) in [6, 6.07) is 0. The van der Waals surface area contributed by atoms with Crippen LogP contribution in [0.15, 0.2) is 0 Å². The molecule has 0 aliphatic carbocycles. The molecule has 11 heteroatoms. The lowest BCUT2D eigenvalue weighted by Gasteiger charge is -2.33. The van der Waals surface area contributed by atoms with E-state index in [9.17, 15) is 32.5 Å². The Labute approximate surface area is 156 Å². The van der Waals surface area contributed by atoms with Crippen molar-refractivity contribution in [3.63, 3.8) is 0 Å². The predicted molar refractivity (Wildman–Crippen MR) is 94.0 cm³/mol. The summed E-state index contributed by atoms with van der Waals surface area (Å²) in [5.41, 5.74) is 5.44. The van der Waals surface area contributed by atoms with Crippen LogP contribution in [0.4, 0.5) is 13.2 Å². The smallest absolute Gasteiger partial charge is 0.480 e. The molecule has 7 nitrogen and oxygen atoms in total. The van der Waals surface area contributed by atoms with E-state index in [1.807, 2.05) is 0 Å². The minimum atomic E-state index is -5.08. The molecule has 0 bridgehead atoms. The highest BCUT2D eigenvalue weighted by Gasteiger charge is 2.52. The van der Waals surface area contributed by atoms with Crippen LogP contribution in [-0.4, -0.2) is 51.1 Å². The molecule has 1 fully saturated rings. The van der Waals surface area contributed by atoms with Crippen molar-refractivity contribution in [2.24, 2.45) is 5.73 Å². The fraction of sp³-hybridized carbons (Fsp3) is 0.875. The van der Waals surface area contributed by atoms with Gasteiger partial charge in [-0.05, 0) is 32.2 Å². The van der Waals surface area contributed by atoms with Gasteiger partial charge in [0.1, 0.15) is 5.16 Å². The minimum Gasteiger partial charge on any atom is -0.480 e. The first-order valence-corrected chi connectivity index (χ1v) is 10.8. The maximum atomic E-state index is 12.7. The lowest BCUT2D eigenvalue weighted by molar-refractivity contribution is -0.192. The van der Waals surface area contributed by atoms with Gasteiger partial charge in [-0.3, -0.25) is 9.36 Å². The van der Waals surface area contributed by atoms with Gasteiger partial charge in [0.05, 0.1) is 0 Å². The number of unbranched alkanes of at least 4 members (excludes halogenated alkanes) is 2. The van der Waals surface area contributed by atoms with Gasteiger partial charge in [0.15, 0.2) is 0 Å². The van der Waals surface area contributed by atoms with E-state index in [0.29, 0.717) is 32.2 Å². The molecule has 0 saturated carbocycles. The first-order chi connectivity index (χ1) is 12.4. The van der Waals surface area contributed by atoms with Crippen LogP contribution in [0.25, 0.3) is 0 Å². The van der Waals surface area contributed by atoms with Gasteiger partial charge in [-0.1, -0.05) is 38.5 Å². The number of aliphatic carboxylic acids is 2. The number of alkyl halides is 3. The summed E-state index contributed by atoms with van der Waals surface area (Å²) < 4.78 is 44.4. The van der Waals surface area contributed by atoms with Gasteiger partial charge in [-0.2, -0.15) is 13.2 Å². The van der Waals surface area contributed by atoms with Crippen molar-refractivity contribution in [1.82, 2.24) is 0 Å². The first kappa shape index (κ1) is 25.9. The lowest BCUT2D eigenvalue weighted by Crippen LogP contribution is -2.39. The molecule has 0 spiro atoms. The SMILES string of the molecule is NCCCCCC1(C(=O)O)CCCCCCCP1(=O)O.O=C(O)C(F)(F)F. The fourth-order valence-corrected chi connectivity index (χ4v) is 5.46. The Kier molecular flexibility index (Phi) is 11.2. The summed E-state index contributed by atoms with van der Waals surface area (Å²) in [5.74, 6) is -3.84. The zero-order valence-corrected chi connectivity index (χ0v) is 16.1. The summed E-state index contributed by atoms with van der Waals surface area (Å²) in [6.45, 7) is 0.580. The molecule has 0 aromatic heterocycles. The Morgan fingerprint density at radius 3 is 2.00 bits per heavy atom. The van der Waals surface area contributed by atoms with Crippen LogP contribution < -0.4 is 5.73 Å². The molecular formula is C16H29F3NO6P. The maximum Gasteiger partial charge on any atom is 0.490 e. The predicted octanol–water partition coefficient (Wildman–Crippen LogP) is 3.59. The number of rotatable bonds is 6. The molecule has 0 aromatic rings. The van der Waals surface area contributed by atoms with Crippen molar-refractivity contribution in [3.05, 3.63) is 0 Å². The molecule has 1 rings (SSSR count). The van der Waals surface area contributed by atoms with Crippen LogP contribution in [0.1, 0.15) is 64.2 Å². The average Bonchev–Trinajstić information content (AvgIpc) is 2.61. The second kappa shape index (κ2) is 11.7. The van der Waals surface area contributed by atoms with E-state index in [-0.39, 0.29) is 6.16 Å². The van der Waals surface area contributed by atoms with E-state index in [1.54, 1.807) is 0 Å². The molecule has 1 heterocycles. The van der Waals surface area contributed by atoms with Gasteiger partial charge in [0.2, 0.25) is 7.37 Å². The van der Waals surface area contributed by atoms with Crippen LogP contribution in [0.5, 0.6) is 0 Å². The van der Waals surface area contributed by atoms with Crippen molar-refractivity contribution in [2.75, 3.05) is 12.7 Å². The van der Waals surface area contributed by atoms with Crippen LogP contribution in [-0.2, 0) is 14.2 Å². The van der Waals surface area contributed by atoms with Crippen LogP contribution in [0.2, 0.25) is 0 Å². The Hall–Kier alpha value is -1.12. The highest BCUT2D eigenvalue weighted by atomic mass is 31.2. The Morgan fingerprint density at radius 2 is 1.52 bits per heavy atom. The van der Waals surface area contributed by atoms with E-state index in [0.717, 1.165) is 38.5 Å². The molecule has 2 unspecified atom stereocenters. The highest BCUT2D eigenvalue weighted by Crippen LogP contribution is 2.60. The van der Waals surface area contributed by atoms with Crippen LogP contribution in [0, 0.1) is 0 Å². The Bertz CT molecular complexity index is 529. The fourth-order valence-electron chi connectivity index (χ4n) is 3.06. The Balaban J connectivity index is 0.000000821. The zero-order valence-electron chi connectivity index (χ0n) is 15.2. The molecule has 0 radical (unpaired) electrons. The summed E-state index contributed by atoms with van der Waals surface area (Å²) >= 11 is 0. The van der Waals surface area contributed by atoms with Crippen LogP contribution >= 0.6 is 7.37 Å². The first-order valence-electron chi connectivity index (χ1n) is 8.96. The maximum absolute atomic E-state index is 12.7. The third-order valence-electron chi connectivity index (χ3n) is 4.66. The molecule has 1 saturated heterocycles. The monoisotopic (exact) mass is 419 g/mol. The average molecular weight is 419 g/mol. The van der Waals surface area contributed by atoms with E-state index < -0.39 is 30.6 Å². The van der Waals surface area contributed by atoms with E-state index in [1.165, 1.54) is 0 Å². The highest BCUT2D eigenvalue weighted by molar-refractivity contribution is 7.60. The van der Waals surface area contributed by atoms with Crippen molar-refractivity contribution < 1.29 is 42.4 Å². The standard InChI is InChI=1S/C14H28NO4P.C2HF3O2/c15-11-7-4-6-10-14(13(16)17)9-5-2-1-3-8-12-20(14,18)19;3-2(4,5)1(6)7/h1-12,15H2,(H,16,17)(H,18,19);(H,6,7).